The highest BCUT2D eigenvalue weighted by Gasteiger charge is 2.56. The van der Waals surface area contributed by atoms with E-state index in [1.165, 1.54) is 18.1 Å². The second-order valence-electron chi connectivity index (χ2n) is 12.7. The number of benzene rings is 2. The van der Waals surface area contributed by atoms with Crippen LogP contribution < -0.4 is 10.6 Å². The van der Waals surface area contributed by atoms with Crippen molar-refractivity contribution in [1.29, 1.82) is 0 Å². The van der Waals surface area contributed by atoms with Crippen LogP contribution in [0.4, 0.5) is 36.8 Å². The summed E-state index contributed by atoms with van der Waals surface area (Å²) in [5.74, 6) is -5.51. The number of aromatic nitrogens is 3. The molecule has 0 unspecified atom stereocenters. The van der Waals surface area contributed by atoms with Crippen LogP contribution in [0, 0.1) is 11.7 Å². The number of carbonyl (C=O) groups excluding carboxylic acids is 2. The summed E-state index contributed by atoms with van der Waals surface area (Å²) >= 11 is 0. The Bertz CT molecular complexity index is 1930. The first-order valence-corrected chi connectivity index (χ1v) is 15.3. The van der Waals surface area contributed by atoms with Crippen molar-refractivity contribution in [3.63, 3.8) is 0 Å². The van der Waals surface area contributed by atoms with Crippen molar-refractivity contribution in [2.24, 2.45) is 11.7 Å². The first-order valence-electron chi connectivity index (χ1n) is 15.3. The molecule has 0 radical (unpaired) electrons. The van der Waals surface area contributed by atoms with Gasteiger partial charge in [0, 0.05) is 36.8 Å². The third kappa shape index (κ3) is 5.77. The molecule has 49 heavy (non-hydrogen) atoms. The molecule has 4 aromatic rings. The number of hydrogen-bond acceptors (Lipinski definition) is 8. The maximum atomic E-state index is 15.6. The number of rotatable bonds is 5. The Kier molecular flexibility index (Phi) is 7.68. The molecule has 5 heterocycles. The molecule has 1 aliphatic carbocycles. The monoisotopic (exact) mass is 686 g/mol. The molecule has 0 spiro atoms. The SMILES string of the molecule is COC(=O)N1CC2CC(c3nnc(-c4cc5c(cc4F)C(F)(F)C[C@@H](N)C(=O)N5Cc4ccc(-c5ccc(C(F)(F)F)cn5)cc4)o3)(C2)C1. The van der Waals surface area contributed by atoms with E-state index in [2.05, 4.69) is 15.2 Å². The summed E-state index contributed by atoms with van der Waals surface area (Å²) in [5, 5.41) is 8.15. The molecule has 8 rings (SSSR count). The van der Waals surface area contributed by atoms with E-state index in [0.717, 1.165) is 23.2 Å². The average molecular weight is 687 g/mol. The van der Waals surface area contributed by atoms with Gasteiger partial charge in [0.2, 0.25) is 11.8 Å². The summed E-state index contributed by atoms with van der Waals surface area (Å²) < 4.78 is 96.2. The Balaban J connectivity index is 1.21. The normalized spacial score (nSPS) is 23.1. The second-order valence-corrected chi connectivity index (χ2v) is 12.7. The fraction of sp³-hybridized carbons (Fsp3) is 0.364. The summed E-state index contributed by atoms with van der Waals surface area (Å²) in [6, 6.07) is 8.48. The highest BCUT2D eigenvalue weighted by Crippen LogP contribution is 2.52. The van der Waals surface area contributed by atoms with Gasteiger partial charge >= 0.3 is 12.3 Å². The highest BCUT2D eigenvalue weighted by molar-refractivity contribution is 5.99. The third-order valence-electron chi connectivity index (χ3n) is 9.38. The van der Waals surface area contributed by atoms with Gasteiger partial charge in [-0.3, -0.25) is 9.78 Å². The van der Waals surface area contributed by atoms with E-state index in [-0.39, 0.29) is 47.7 Å². The minimum absolute atomic E-state index is 0.171. The Morgan fingerprint density at radius 3 is 2.47 bits per heavy atom. The number of pyridine rings is 1. The maximum absolute atomic E-state index is 15.6. The minimum atomic E-state index is -4.54. The van der Waals surface area contributed by atoms with E-state index in [9.17, 15) is 22.8 Å². The van der Waals surface area contributed by atoms with Crippen LogP contribution in [0.15, 0.2) is 59.1 Å². The number of methoxy groups -OCH3 is 1. The van der Waals surface area contributed by atoms with Crippen LogP contribution in [-0.4, -0.2) is 58.3 Å². The Hall–Kier alpha value is -4.99. The lowest BCUT2D eigenvalue weighted by Crippen LogP contribution is -2.60. The van der Waals surface area contributed by atoms with E-state index in [4.69, 9.17) is 14.9 Å². The number of amides is 2. The highest BCUT2D eigenvalue weighted by atomic mass is 19.4. The van der Waals surface area contributed by atoms with E-state index in [0.29, 0.717) is 36.6 Å². The van der Waals surface area contributed by atoms with E-state index in [1.807, 2.05) is 0 Å². The zero-order valence-corrected chi connectivity index (χ0v) is 25.8. The largest absolute Gasteiger partial charge is 0.453 e. The second kappa shape index (κ2) is 11.6. The van der Waals surface area contributed by atoms with Crippen molar-refractivity contribution >= 4 is 17.7 Å². The van der Waals surface area contributed by atoms with Gasteiger partial charge in [-0.1, -0.05) is 24.3 Å². The van der Waals surface area contributed by atoms with Crippen LogP contribution in [0.2, 0.25) is 0 Å². The number of piperidine rings is 2. The maximum Gasteiger partial charge on any atom is 0.417 e. The molecule has 1 saturated carbocycles. The smallest absolute Gasteiger partial charge is 0.417 e. The first kappa shape index (κ1) is 32.6. The zero-order valence-electron chi connectivity index (χ0n) is 25.8. The Labute approximate surface area is 274 Å². The van der Waals surface area contributed by atoms with Crippen LogP contribution in [-0.2, 0) is 33.6 Å². The lowest BCUT2D eigenvalue weighted by molar-refractivity contribution is -0.137. The predicted molar refractivity (Wildman–Crippen MR) is 160 cm³/mol. The molecule has 2 N–H and O–H groups in total. The van der Waals surface area contributed by atoms with Crippen molar-refractivity contribution in [3.05, 3.63) is 83.1 Å². The van der Waals surface area contributed by atoms with Gasteiger partial charge in [0.05, 0.1) is 47.6 Å². The van der Waals surface area contributed by atoms with Crippen molar-refractivity contribution in [2.45, 2.75) is 49.4 Å². The summed E-state index contributed by atoms with van der Waals surface area (Å²) in [7, 11) is 1.28. The molecule has 256 valence electrons. The number of nitrogens with two attached hydrogens (primary N) is 1. The minimum Gasteiger partial charge on any atom is -0.453 e. The average Bonchev–Trinajstić information content (AvgIpc) is 3.54. The molecule has 2 aromatic carbocycles. The molecule has 3 fully saturated rings. The van der Waals surface area contributed by atoms with Crippen molar-refractivity contribution < 1.29 is 45.1 Å². The molecule has 2 amide bonds. The number of nitrogens with zero attached hydrogens (tertiary/aromatic N) is 5. The number of anilines is 1. The van der Waals surface area contributed by atoms with Gasteiger partial charge in [-0.05, 0) is 48.6 Å². The van der Waals surface area contributed by atoms with Crippen LogP contribution in [0.25, 0.3) is 22.7 Å². The number of alkyl halides is 5. The predicted octanol–water partition coefficient (Wildman–Crippen LogP) is 6.04. The van der Waals surface area contributed by atoms with Crippen molar-refractivity contribution in [1.82, 2.24) is 20.1 Å². The number of ether oxygens (including phenoxy) is 1. The zero-order chi connectivity index (χ0) is 34.9. The Morgan fingerprint density at radius 2 is 1.82 bits per heavy atom. The van der Waals surface area contributed by atoms with Gasteiger partial charge in [-0.2, -0.15) is 13.2 Å². The van der Waals surface area contributed by atoms with Gasteiger partial charge in [0.25, 0.3) is 11.8 Å². The quantitative estimate of drug-likeness (QED) is 0.252. The number of fused-ring (bicyclic) bond motifs is 3. The molecule has 1 atom stereocenters. The van der Waals surface area contributed by atoms with Gasteiger partial charge in [0.15, 0.2) is 0 Å². The van der Waals surface area contributed by atoms with Crippen LogP contribution in [0.1, 0.15) is 41.8 Å². The van der Waals surface area contributed by atoms with E-state index >= 15 is 13.2 Å². The summed E-state index contributed by atoms with van der Waals surface area (Å²) in [6.07, 6.45) is -4.06. The molecule has 2 aromatic heterocycles. The molecule has 16 heteroatoms. The first-order chi connectivity index (χ1) is 23.2. The number of carbonyl (C=O) groups is 2. The molecule has 3 aliphatic heterocycles. The molecule has 4 aliphatic rings. The van der Waals surface area contributed by atoms with Crippen LogP contribution >= 0.6 is 0 Å². The van der Waals surface area contributed by atoms with Gasteiger partial charge in [-0.25, -0.2) is 18.0 Å². The van der Waals surface area contributed by atoms with Crippen LogP contribution in [0.5, 0.6) is 0 Å². The molecule has 10 nitrogen and oxygen atoms in total. The lowest BCUT2D eigenvalue weighted by Gasteiger charge is -2.53. The van der Waals surface area contributed by atoms with E-state index < -0.39 is 58.9 Å². The summed E-state index contributed by atoms with van der Waals surface area (Å²) in [5.41, 5.74) is 4.21. The molecule has 2 saturated heterocycles. The third-order valence-corrected chi connectivity index (χ3v) is 9.38. The van der Waals surface area contributed by atoms with E-state index in [1.54, 1.807) is 24.3 Å². The lowest BCUT2D eigenvalue weighted by atomic mass is 9.58. The van der Waals surface area contributed by atoms with Crippen molar-refractivity contribution in [3.8, 4) is 22.7 Å². The fourth-order valence-corrected chi connectivity index (χ4v) is 7.00. The van der Waals surface area contributed by atoms with Gasteiger partial charge < -0.3 is 24.7 Å². The number of hydrogen-bond donors (Lipinski definition) is 1. The number of halogens is 6. The van der Waals surface area contributed by atoms with Gasteiger partial charge in [-0.15, -0.1) is 10.2 Å². The van der Waals surface area contributed by atoms with Crippen molar-refractivity contribution in [2.75, 3.05) is 25.1 Å². The van der Waals surface area contributed by atoms with Crippen LogP contribution in [0.3, 0.4) is 0 Å². The standard InChI is InChI=1S/C33H28F6N6O4/c1-48-30(47)44-14-18-10-31(11-18,16-44)29-43-42-27(49-29)21-8-26-22(9-23(21)34)32(35,36)12-24(40)28(46)45(26)15-17-2-4-19(5-3-17)25-7-6-20(13-41-25)33(37,38)39/h2-9,13,18,24H,10-12,14-16,40H2,1H3/t18?,24-,31?/m1/s1. The summed E-state index contributed by atoms with van der Waals surface area (Å²) in [6.45, 7) is 0.526. The molecular formula is C33H28F6N6O4. The summed E-state index contributed by atoms with van der Waals surface area (Å²) in [4.78, 5) is 32.1. The molecular weight excluding hydrogens is 658 g/mol. The van der Waals surface area contributed by atoms with Gasteiger partial charge in [0.1, 0.15) is 5.82 Å². The Morgan fingerprint density at radius 1 is 1.08 bits per heavy atom. The topological polar surface area (TPSA) is 128 Å². The fourth-order valence-electron chi connectivity index (χ4n) is 7.00. The molecule has 2 bridgehead atoms.